The van der Waals surface area contributed by atoms with Crippen LogP contribution in [0.4, 0.5) is 0 Å². The number of hydrogen-bond acceptors (Lipinski definition) is 1. The van der Waals surface area contributed by atoms with E-state index in [-0.39, 0.29) is 0 Å². The van der Waals surface area contributed by atoms with Crippen LogP contribution in [0.1, 0.15) is 5.56 Å². The second-order valence-corrected chi connectivity index (χ2v) is 4.94. The minimum absolute atomic E-state index is 0.566. The van der Waals surface area contributed by atoms with Crippen LogP contribution in [0.25, 0.3) is 0 Å². The van der Waals surface area contributed by atoms with Gasteiger partial charge in [-0.15, -0.1) is 0 Å². The molecule has 0 amide bonds. The summed E-state index contributed by atoms with van der Waals surface area (Å²) in [6, 6.07) is 4.07. The lowest BCUT2D eigenvalue weighted by Gasteiger charge is -2.03. The van der Waals surface area contributed by atoms with Crippen molar-refractivity contribution in [2.24, 2.45) is 5.73 Å². The molecule has 0 atom stereocenters. The van der Waals surface area contributed by atoms with Crippen LogP contribution in [0.15, 0.2) is 21.1 Å². The maximum absolute atomic E-state index is 5.53. The molecule has 1 nitrogen and oxygen atoms in total. The second-order valence-electron chi connectivity index (χ2n) is 2.06. The monoisotopic (exact) mass is 389 g/mol. The van der Waals surface area contributed by atoms with Crippen LogP contribution >= 0.6 is 54.5 Å². The Kier molecular flexibility index (Phi) is 3.80. The summed E-state index contributed by atoms with van der Waals surface area (Å²) in [6.45, 7) is 0.566. The Labute approximate surface area is 96.1 Å². The van der Waals surface area contributed by atoms with Gasteiger partial charge >= 0.3 is 0 Å². The number of hydrogen-bond donors (Lipinski definition) is 1. The molecule has 0 aliphatic rings. The molecule has 0 saturated carbocycles. The van der Waals surface area contributed by atoms with Gasteiger partial charge in [-0.3, -0.25) is 0 Å². The normalized spacial score (nSPS) is 10.2. The van der Waals surface area contributed by atoms with E-state index in [1.807, 2.05) is 12.1 Å². The molecule has 0 heterocycles. The minimum atomic E-state index is 0.566. The van der Waals surface area contributed by atoms with Crippen LogP contribution in [0.5, 0.6) is 0 Å². The average Bonchev–Trinajstić information content (AvgIpc) is 1.96. The smallest absolute Gasteiger partial charge is 0.0354 e. The number of benzene rings is 1. The molecule has 0 bridgehead atoms. The van der Waals surface area contributed by atoms with Gasteiger partial charge < -0.3 is 5.73 Å². The maximum Gasteiger partial charge on any atom is 0.0354 e. The quantitative estimate of drug-likeness (QED) is 0.578. The average molecular weight is 391 g/mol. The molecule has 0 radical (unpaired) electrons. The summed E-state index contributed by atoms with van der Waals surface area (Å²) in [4.78, 5) is 0. The predicted octanol–water partition coefficient (Wildman–Crippen LogP) is 3.27. The Morgan fingerprint density at radius 3 is 2.55 bits per heavy atom. The molecule has 1 aromatic rings. The highest BCUT2D eigenvalue weighted by atomic mass is 127. The molecule has 1 rings (SSSR count). The lowest BCUT2D eigenvalue weighted by atomic mass is 10.2. The van der Waals surface area contributed by atoms with Crippen LogP contribution < -0.4 is 5.73 Å². The zero-order valence-electron chi connectivity index (χ0n) is 5.57. The van der Waals surface area contributed by atoms with Crippen molar-refractivity contribution in [1.82, 2.24) is 0 Å². The summed E-state index contributed by atoms with van der Waals surface area (Å²) in [6.07, 6.45) is 0. The topological polar surface area (TPSA) is 26.0 Å². The van der Waals surface area contributed by atoms with Crippen molar-refractivity contribution in [1.29, 1.82) is 0 Å². The number of rotatable bonds is 1. The van der Waals surface area contributed by atoms with E-state index in [0.29, 0.717) is 6.54 Å². The van der Waals surface area contributed by atoms with Crippen LogP contribution in [-0.4, -0.2) is 0 Å². The van der Waals surface area contributed by atoms with E-state index in [9.17, 15) is 0 Å². The molecule has 11 heavy (non-hydrogen) atoms. The predicted molar refractivity (Wildman–Crippen MR) is 62.5 cm³/mol. The van der Waals surface area contributed by atoms with Gasteiger partial charge in [-0.25, -0.2) is 0 Å². The molecule has 0 aliphatic heterocycles. The Bertz CT molecular complexity index is 275. The van der Waals surface area contributed by atoms with Crippen molar-refractivity contribution in [3.63, 3.8) is 0 Å². The van der Waals surface area contributed by atoms with Gasteiger partial charge in [-0.05, 0) is 56.2 Å². The van der Waals surface area contributed by atoms with Gasteiger partial charge in [0.1, 0.15) is 0 Å². The van der Waals surface area contributed by atoms with Crippen molar-refractivity contribution in [3.8, 4) is 0 Å². The minimum Gasteiger partial charge on any atom is -0.326 e. The van der Waals surface area contributed by atoms with Gasteiger partial charge in [0.05, 0.1) is 0 Å². The largest absolute Gasteiger partial charge is 0.326 e. The van der Waals surface area contributed by atoms with Crippen LogP contribution in [0.3, 0.4) is 0 Å². The Hall–Kier alpha value is 0.870. The summed E-state index contributed by atoms with van der Waals surface area (Å²) >= 11 is 9.14. The van der Waals surface area contributed by atoms with Gasteiger partial charge in [0, 0.05) is 19.1 Å². The summed E-state index contributed by atoms with van der Waals surface area (Å²) in [5.41, 5.74) is 6.66. The first-order valence-electron chi connectivity index (χ1n) is 2.98. The number of nitrogens with two attached hydrogens (primary N) is 1. The van der Waals surface area contributed by atoms with E-state index in [0.717, 1.165) is 14.5 Å². The van der Waals surface area contributed by atoms with E-state index >= 15 is 0 Å². The zero-order chi connectivity index (χ0) is 8.43. The summed E-state index contributed by atoms with van der Waals surface area (Å²) in [5, 5.41) is 0. The molecular formula is C7H6Br2IN. The summed E-state index contributed by atoms with van der Waals surface area (Å²) < 4.78 is 3.35. The van der Waals surface area contributed by atoms with E-state index < -0.39 is 0 Å². The van der Waals surface area contributed by atoms with Gasteiger partial charge in [0.15, 0.2) is 0 Å². The van der Waals surface area contributed by atoms with E-state index in [4.69, 9.17) is 5.73 Å². The van der Waals surface area contributed by atoms with Crippen molar-refractivity contribution in [2.45, 2.75) is 6.54 Å². The highest BCUT2D eigenvalue weighted by Gasteiger charge is 2.03. The lowest BCUT2D eigenvalue weighted by molar-refractivity contribution is 1.06. The fraction of sp³-hybridized carbons (Fsp3) is 0.143. The third-order valence-corrected chi connectivity index (χ3v) is 4.27. The molecule has 60 valence electrons. The van der Waals surface area contributed by atoms with Gasteiger partial charge in [-0.2, -0.15) is 0 Å². The van der Waals surface area contributed by atoms with Crippen LogP contribution in [-0.2, 0) is 6.54 Å². The molecule has 4 heteroatoms. The molecule has 1 aromatic carbocycles. The molecule has 0 saturated heterocycles. The Morgan fingerprint density at radius 2 is 2.00 bits per heavy atom. The number of halogens is 3. The fourth-order valence-electron chi connectivity index (χ4n) is 0.758. The maximum atomic E-state index is 5.53. The summed E-state index contributed by atoms with van der Waals surface area (Å²) in [7, 11) is 0. The van der Waals surface area contributed by atoms with Gasteiger partial charge in [-0.1, -0.05) is 15.9 Å². The molecule has 0 aliphatic carbocycles. The van der Waals surface area contributed by atoms with Gasteiger partial charge in [0.25, 0.3) is 0 Å². The molecule has 0 unspecified atom stereocenters. The molecular weight excluding hydrogens is 385 g/mol. The molecule has 2 N–H and O–H groups in total. The van der Waals surface area contributed by atoms with E-state index in [2.05, 4.69) is 54.5 Å². The zero-order valence-corrected chi connectivity index (χ0v) is 10.9. The van der Waals surface area contributed by atoms with Crippen LogP contribution in [0, 0.1) is 3.57 Å². The lowest BCUT2D eigenvalue weighted by Crippen LogP contribution is -1.98. The molecule has 0 fully saturated rings. The van der Waals surface area contributed by atoms with Gasteiger partial charge in [0.2, 0.25) is 0 Å². The van der Waals surface area contributed by atoms with Crippen LogP contribution in [0.2, 0.25) is 0 Å². The first-order valence-corrected chi connectivity index (χ1v) is 5.65. The first kappa shape index (κ1) is 9.95. The second kappa shape index (κ2) is 4.20. The van der Waals surface area contributed by atoms with Crippen molar-refractivity contribution < 1.29 is 0 Å². The first-order chi connectivity index (χ1) is 5.15. The Morgan fingerprint density at radius 1 is 1.36 bits per heavy atom. The van der Waals surface area contributed by atoms with E-state index in [1.165, 1.54) is 3.57 Å². The summed E-state index contributed by atoms with van der Waals surface area (Å²) in [5.74, 6) is 0. The SMILES string of the molecule is NCc1cc(Br)cc(I)c1Br. The van der Waals surface area contributed by atoms with Crippen molar-refractivity contribution >= 4 is 54.5 Å². The van der Waals surface area contributed by atoms with E-state index in [1.54, 1.807) is 0 Å². The third-order valence-electron chi connectivity index (χ3n) is 1.29. The highest BCUT2D eigenvalue weighted by molar-refractivity contribution is 14.1. The molecule has 0 spiro atoms. The molecule has 0 aromatic heterocycles. The highest BCUT2D eigenvalue weighted by Crippen LogP contribution is 2.27. The fourth-order valence-corrected chi connectivity index (χ4v) is 2.76. The third kappa shape index (κ3) is 2.40. The van der Waals surface area contributed by atoms with Crippen molar-refractivity contribution in [3.05, 3.63) is 30.2 Å². The standard InChI is InChI=1S/C7H6Br2IN/c8-5-1-4(3-11)7(9)6(10)2-5/h1-2H,3,11H2. The Balaban J connectivity index is 3.24. The van der Waals surface area contributed by atoms with Crippen molar-refractivity contribution in [2.75, 3.05) is 0 Å².